The fraction of sp³-hybridized carbons (Fsp3) is 0.455. The molecule has 1 aromatic rings. The smallest absolute Gasteiger partial charge is 0.416 e. The van der Waals surface area contributed by atoms with E-state index in [9.17, 15) is 13.2 Å². The largest absolute Gasteiger partial charge is 0.491 e. The molecule has 0 atom stereocenters. The number of alkyl halides is 4. The molecule has 0 heterocycles. The molecule has 0 fully saturated rings. The molecular formula is C11H12ClF3O. The lowest BCUT2D eigenvalue weighted by Gasteiger charge is -2.15. The Labute approximate surface area is 97.2 Å². The van der Waals surface area contributed by atoms with Crippen LogP contribution in [0.15, 0.2) is 18.2 Å². The quantitative estimate of drug-likeness (QED) is 0.732. The second-order valence-corrected chi connectivity index (χ2v) is 3.88. The molecule has 16 heavy (non-hydrogen) atoms. The molecule has 0 saturated heterocycles. The lowest BCUT2D eigenvalue weighted by Crippen LogP contribution is -2.11. The van der Waals surface area contributed by atoms with Crippen molar-refractivity contribution >= 4 is 11.6 Å². The molecule has 0 bridgehead atoms. The van der Waals surface area contributed by atoms with E-state index in [0.29, 0.717) is 0 Å². The third kappa shape index (κ3) is 3.30. The molecule has 0 aliphatic heterocycles. The summed E-state index contributed by atoms with van der Waals surface area (Å²) in [4.78, 5) is 0. The second kappa shape index (κ2) is 4.95. The summed E-state index contributed by atoms with van der Waals surface area (Å²) in [6.07, 6.45) is -4.57. The van der Waals surface area contributed by atoms with Gasteiger partial charge in [0.1, 0.15) is 5.75 Å². The highest BCUT2D eigenvalue weighted by atomic mass is 35.5. The topological polar surface area (TPSA) is 9.23 Å². The van der Waals surface area contributed by atoms with E-state index in [-0.39, 0.29) is 23.3 Å². The fourth-order valence-electron chi connectivity index (χ4n) is 1.28. The molecule has 0 N–H and O–H groups in total. The van der Waals surface area contributed by atoms with E-state index < -0.39 is 11.7 Å². The lowest BCUT2D eigenvalue weighted by molar-refractivity contribution is -0.138. The van der Waals surface area contributed by atoms with Crippen LogP contribution >= 0.6 is 11.6 Å². The number of halogens is 4. The zero-order valence-corrected chi connectivity index (χ0v) is 9.69. The van der Waals surface area contributed by atoms with E-state index in [0.717, 1.165) is 6.07 Å². The van der Waals surface area contributed by atoms with Crippen LogP contribution in [0.4, 0.5) is 13.2 Å². The Morgan fingerprint density at radius 2 is 1.94 bits per heavy atom. The fourth-order valence-corrected chi connectivity index (χ4v) is 1.51. The van der Waals surface area contributed by atoms with Gasteiger partial charge in [0, 0.05) is 5.88 Å². The first kappa shape index (κ1) is 13.2. The van der Waals surface area contributed by atoms with Crippen LogP contribution in [0.2, 0.25) is 0 Å². The van der Waals surface area contributed by atoms with Crippen LogP contribution in [0, 0.1) is 0 Å². The van der Waals surface area contributed by atoms with Crippen LogP contribution in [-0.4, -0.2) is 6.10 Å². The van der Waals surface area contributed by atoms with Gasteiger partial charge in [-0.1, -0.05) is 6.07 Å². The first-order chi connectivity index (χ1) is 7.34. The molecule has 0 unspecified atom stereocenters. The normalized spacial score (nSPS) is 11.9. The van der Waals surface area contributed by atoms with Crippen molar-refractivity contribution in [2.24, 2.45) is 0 Å². The molecule has 0 saturated carbocycles. The van der Waals surface area contributed by atoms with E-state index >= 15 is 0 Å². The molecule has 0 aromatic heterocycles. The van der Waals surface area contributed by atoms with Crippen molar-refractivity contribution < 1.29 is 17.9 Å². The van der Waals surface area contributed by atoms with Gasteiger partial charge in [0.25, 0.3) is 0 Å². The maximum Gasteiger partial charge on any atom is 0.416 e. The van der Waals surface area contributed by atoms with E-state index in [2.05, 4.69) is 0 Å². The summed E-state index contributed by atoms with van der Waals surface area (Å²) in [7, 11) is 0. The van der Waals surface area contributed by atoms with E-state index in [4.69, 9.17) is 16.3 Å². The molecule has 0 spiro atoms. The lowest BCUT2D eigenvalue weighted by atomic mass is 10.1. The SMILES string of the molecule is CC(C)Oc1ccc(CCl)c(C(F)(F)F)c1. The highest BCUT2D eigenvalue weighted by Crippen LogP contribution is 2.35. The summed E-state index contributed by atoms with van der Waals surface area (Å²) in [5.74, 6) is 0.0350. The molecule has 1 aromatic carbocycles. The first-order valence-corrected chi connectivity index (χ1v) is 5.30. The summed E-state index contributed by atoms with van der Waals surface area (Å²) in [5.41, 5.74) is -0.675. The zero-order valence-electron chi connectivity index (χ0n) is 8.94. The Bertz CT molecular complexity index is 361. The molecule has 0 aliphatic carbocycles. The second-order valence-electron chi connectivity index (χ2n) is 3.62. The third-order valence-corrected chi connectivity index (χ3v) is 2.19. The van der Waals surface area contributed by atoms with Crippen molar-refractivity contribution in [3.05, 3.63) is 29.3 Å². The maximum atomic E-state index is 12.6. The van der Waals surface area contributed by atoms with Crippen LogP contribution in [0.3, 0.4) is 0 Å². The minimum absolute atomic E-state index is 0.0604. The number of rotatable bonds is 3. The average molecular weight is 253 g/mol. The first-order valence-electron chi connectivity index (χ1n) is 4.77. The van der Waals surface area contributed by atoms with Gasteiger partial charge in [0.2, 0.25) is 0 Å². The molecule has 1 nitrogen and oxygen atoms in total. The minimum Gasteiger partial charge on any atom is -0.491 e. The van der Waals surface area contributed by atoms with Crippen LogP contribution in [-0.2, 0) is 12.1 Å². The summed E-state index contributed by atoms with van der Waals surface area (Å²) in [6.45, 7) is 3.51. The average Bonchev–Trinajstić information content (AvgIpc) is 2.15. The van der Waals surface area contributed by atoms with Gasteiger partial charge in [-0.05, 0) is 31.5 Å². The van der Waals surface area contributed by atoms with Crippen LogP contribution in [0.25, 0.3) is 0 Å². The van der Waals surface area contributed by atoms with Crippen LogP contribution in [0.1, 0.15) is 25.0 Å². The number of benzene rings is 1. The minimum atomic E-state index is -4.40. The molecule has 90 valence electrons. The number of hydrogen-bond acceptors (Lipinski definition) is 1. The predicted octanol–water partition coefficient (Wildman–Crippen LogP) is 4.23. The summed E-state index contributed by atoms with van der Waals surface area (Å²) >= 11 is 5.46. The number of hydrogen-bond donors (Lipinski definition) is 0. The molecule has 0 aliphatic rings. The molecular weight excluding hydrogens is 241 g/mol. The molecule has 0 amide bonds. The van der Waals surface area contributed by atoms with E-state index in [1.54, 1.807) is 13.8 Å². The third-order valence-electron chi connectivity index (χ3n) is 1.90. The summed E-state index contributed by atoms with van der Waals surface area (Å²) < 4.78 is 43.1. The van der Waals surface area contributed by atoms with Gasteiger partial charge in [-0.15, -0.1) is 11.6 Å². The highest BCUT2D eigenvalue weighted by molar-refractivity contribution is 6.17. The molecule has 0 radical (unpaired) electrons. The van der Waals surface area contributed by atoms with Gasteiger partial charge in [-0.2, -0.15) is 13.2 Å². The Morgan fingerprint density at radius 1 is 1.31 bits per heavy atom. The Morgan fingerprint density at radius 3 is 2.38 bits per heavy atom. The Balaban J connectivity index is 3.12. The van der Waals surface area contributed by atoms with Crippen molar-refractivity contribution in [3.63, 3.8) is 0 Å². The Kier molecular flexibility index (Phi) is 4.08. The van der Waals surface area contributed by atoms with Gasteiger partial charge in [0.15, 0.2) is 0 Å². The van der Waals surface area contributed by atoms with Gasteiger partial charge in [-0.3, -0.25) is 0 Å². The Hall–Kier alpha value is -0.900. The predicted molar refractivity (Wildman–Crippen MR) is 56.8 cm³/mol. The van der Waals surface area contributed by atoms with E-state index in [1.165, 1.54) is 12.1 Å². The van der Waals surface area contributed by atoms with Crippen molar-refractivity contribution in [1.82, 2.24) is 0 Å². The monoisotopic (exact) mass is 252 g/mol. The van der Waals surface area contributed by atoms with Crippen molar-refractivity contribution in [2.45, 2.75) is 32.0 Å². The zero-order chi connectivity index (χ0) is 12.3. The molecule has 5 heteroatoms. The number of ether oxygens (including phenoxy) is 1. The van der Waals surface area contributed by atoms with Gasteiger partial charge < -0.3 is 4.74 Å². The van der Waals surface area contributed by atoms with Crippen LogP contribution < -0.4 is 4.74 Å². The van der Waals surface area contributed by atoms with Gasteiger partial charge in [0.05, 0.1) is 11.7 Å². The summed E-state index contributed by atoms with van der Waals surface area (Å²) in [5, 5.41) is 0. The molecule has 1 rings (SSSR count). The van der Waals surface area contributed by atoms with Gasteiger partial charge >= 0.3 is 6.18 Å². The maximum absolute atomic E-state index is 12.6. The van der Waals surface area contributed by atoms with Crippen LogP contribution in [0.5, 0.6) is 5.75 Å². The highest BCUT2D eigenvalue weighted by Gasteiger charge is 2.33. The standard InChI is InChI=1S/C11H12ClF3O/c1-7(2)16-9-4-3-8(6-12)10(5-9)11(13,14)15/h3-5,7H,6H2,1-2H3. The van der Waals surface area contributed by atoms with Gasteiger partial charge in [-0.25, -0.2) is 0 Å². The summed E-state index contributed by atoms with van der Waals surface area (Å²) in [6, 6.07) is 3.82. The van der Waals surface area contributed by atoms with Crippen molar-refractivity contribution in [1.29, 1.82) is 0 Å². The van der Waals surface area contributed by atoms with Crippen molar-refractivity contribution in [2.75, 3.05) is 0 Å². The van der Waals surface area contributed by atoms with E-state index in [1.807, 2.05) is 0 Å². The van der Waals surface area contributed by atoms with Crippen molar-refractivity contribution in [3.8, 4) is 5.75 Å².